The molecule has 4 rings (SSSR count). The molecule has 4 aromatic heterocycles. The molecule has 0 saturated heterocycles. The van der Waals surface area contributed by atoms with Crippen molar-refractivity contribution in [1.29, 1.82) is 0 Å². The maximum absolute atomic E-state index is 13.4. The van der Waals surface area contributed by atoms with Crippen LogP contribution < -0.4 is 0 Å². The van der Waals surface area contributed by atoms with Crippen molar-refractivity contribution in [2.45, 2.75) is 12.4 Å². The summed E-state index contributed by atoms with van der Waals surface area (Å²) in [5, 5.41) is 1.32. The number of thiophene rings is 1. The average molecular weight is 387 g/mol. The summed E-state index contributed by atoms with van der Waals surface area (Å²) >= 11 is 1.29. The van der Waals surface area contributed by atoms with Crippen LogP contribution in [0.1, 0.15) is 11.3 Å². The fourth-order valence-corrected chi connectivity index (χ4v) is 3.44. The van der Waals surface area contributed by atoms with Crippen LogP contribution in [-0.2, 0) is 12.4 Å². The van der Waals surface area contributed by atoms with E-state index in [1.807, 2.05) is 0 Å². The lowest BCUT2D eigenvalue weighted by molar-refractivity contribution is -0.144. The molecule has 3 nitrogen and oxygen atoms in total. The second kappa shape index (κ2) is 5.44. The Morgan fingerprint density at radius 2 is 1.73 bits per heavy atom. The molecule has 0 unspecified atom stereocenters. The first-order valence-electron chi connectivity index (χ1n) is 7.16. The van der Waals surface area contributed by atoms with Crippen molar-refractivity contribution in [3.05, 3.63) is 53.2 Å². The van der Waals surface area contributed by atoms with Crippen LogP contribution in [-0.4, -0.2) is 14.4 Å². The molecule has 0 aliphatic heterocycles. The third-order valence-corrected chi connectivity index (χ3v) is 4.70. The van der Waals surface area contributed by atoms with Crippen molar-refractivity contribution in [2.75, 3.05) is 0 Å². The highest BCUT2D eigenvalue weighted by molar-refractivity contribution is 7.13. The number of nitrogens with zero attached hydrogens (tertiary/aromatic N) is 3. The number of aromatic nitrogens is 3. The van der Waals surface area contributed by atoms with Crippen LogP contribution in [0.2, 0.25) is 0 Å². The first-order chi connectivity index (χ1) is 12.2. The Labute approximate surface area is 145 Å². The first kappa shape index (κ1) is 16.8. The lowest BCUT2D eigenvalue weighted by atomic mass is 10.1. The van der Waals surface area contributed by atoms with E-state index in [0.29, 0.717) is 10.6 Å². The monoisotopic (exact) mass is 387 g/mol. The average Bonchev–Trinajstić information content (AvgIpc) is 3.20. The maximum atomic E-state index is 13.4. The molecular weight excluding hydrogens is 380 g/mol. The van der Waals surface area contributed by atoms with Gasteiger partial charge in [0, 0.05) is 5.39 Å². The second-order valence-electron chi connectivity index (χ2n) is 5.44. The van der Waals surface area contributed by atoms with Gasteiger partial charge < -0.3 is 0 Å². The van der Waals surface area contributed by atoms with Crippen LogP contribution in [0, 0.1) is 0 Å². The minimum Gasteiger partial charge on any atom is -0.275 e. The van der Waals surface area contributed by atoms with Gasteiger partial charge in [-0.15, -0.1) is 11.3 Å². The third kappa shape index (κ3) is 2.61. The molecule has 0 aliphatic carbocycles. The lowest BCUT2D eigenvalue weighted by Crippen LogP contribution is -2.14. The van der Waals surface area contributed by atoms with Gasteiger partial charge in [-0.2, -0.15) is 26.3 Å². The number of fused-ring (bicyclic) bond motifs is 3. The van der Waals surface area contributed by atoms with Crippen LogP contribution in [0.25, 0.3) is 27.3 Å². The van der Waals surface area contributed by atoms with Crippen LogP contribution in [0.15, 0.2) is 41.9 Å². The zero-order valence-corrected chi connectivity index (χ0v) is 13.4. The summed E-state index contributed by atoms with van der Waals surface area (Å²) in [6, 6.07) is 5.87. The van der Waals surface area contributed by atoms with Gasteiger partial charge >= 0.3 is 12.4 Å². The number of pyridine rings is 2. The Morgan fingerprint density at radius 1 is 0.962 bits per heavy atom. The Bertz CT molecular complexity index is 1110. The molecule has 134 valence electrons. The van der Waals surface area contributed by atoms with Crippen molar-refractivity contribution in [3.8, 4) is 10.6 Å². The zero-order chi connectivity index (χ0) is 18.7. The van der Waals surface area contributed by atoms with E-state index in [4.69, 9.17) is 0 Å². The van der Waals surface area contributed by atoms with E-state index in [1.54, 1.807) is 17.5 Å². The summed E-state index contributed by atoms with van der Waals surface area (Å²) in [5.74, 6) is 0. The van der Waals surface area contributed by atoms with E-state index >= 15 is 0 Å². The summed E-state index contributed by atoms with van der Waals surface area (Å²) < 4.78 is 80.7. The number of imidazole rings is 1. The van der Waals surface area contributed by atoms with Gasteiger partial charge in [0.25, 0.3) is 0 Å². The van der Waals surface area contributed by atoms with Gasteiger partial charge in [0.1, 0.15) is 17.0 Å². The highest BCUT2D eigenvalue weighted by Crippen LogP contribution is 2.39. The minimum atomic E-state index is -5.01. The SMILES string of the molecule is FC(F)(F)c1cc(C(F)(F)F)c2ccc3ncc(-c4cccs4)n3c2n1. The van der Waals surface area contributed by atoms with E-state index in [2.05, 4.69) is 9.97 Å². The summed E-state index contributed by atoms with van der Waals surface area (Å²) in [7, 11) is 0. The summed E-state index contributed by atoms with van der Waals surface area (Å²) in [5.41, 5.74) is -2.84. The summed E-state index contributed by atoms with van der Waals surface area (Å²) in [4.78, 5) is 8.22. The van der Waals surface area contributed by atoms with Crippen molar-refractivity contribution >= 4 is 28.0 Å². The summed E-state index contributed by atoms with van der Waals surface area (Å²) in [6.45, 7) is 0. The van der Waals surface area contributed by atoms with E-state index in [1.165, 1.54) is 28.0 Å². The predicted octanol–water partition coefficient (Wildman–Crippen LogP) is 5.65. The van der Waals surface area contributed by atoms with Gasteiger partial charge in [-0.3, -0.25) is 4.40 Å². The molecule has 0 aromatic carbocycles. The summed E-state index contributed by atoms with van der Waals surface area (Å²) in [6.07, 6.45) is -8.58. The molecule has 0 radical (unpaired) electrons. The molecule has 0 saturated carbocycles. The van der Waals surface area contributed by atoms with Crippen molar-refractivity contribution in [2.24, 2.45) is 0 Å². The molecule has 4 aromatic rings. The van der Waals surface area contributed by atoms with Crippen LogP contribution in [0.4, 0.5) is 26.3 Å². The van der Waals surface area contributed by atoms with Gasteiger partial charge in [0.05, 0.1) is 22.3 Å². The van der Waals surface area contributed by atoms with E-state index in [0.717, 1.165) is 6.07 Å². The number of rotatable bonds is 1. The Hall–Kier alpha value is -2.62. The van der Waals surface area contributed by atoms with Crippen LogP contribution in [0.5, 0.6) is 0 Å². The molecule has 0 spiro atoms. The third-order valence-electron chi connectivity index (χ3n) is 3.81. The molecule has 26 heavy (non-hydrogen) atoms. The Kier molecular flexibility index (Phi) is 3.52. The highest BCUT2D eigenvalue weighted by Gasteiger charge is 2.39. The quantitative estimate of drug-likeness (QED) is 0.395. The Morgan fingerprint density at radius 3 is 2.35 bits per heavy atom. The Balaban J connectivity index is 2.18. The predicted molar refractivity (Wildman–Crippen MR) is 83.8 cm³/mol. The molecule has 0 amide bonds. The molecule has 4 heterocycles. The molecule has 0 bridgehead atoms. The molecule has 0 aliphatic rings. The van der Waals surface area contributed by atoms with E-state index in [9.17, 15) is 26.3 Å². The molecule has 0 N–H and O–H groups in total. The van der Waals surface area contributed by atoms with Gasteiger partial charge in [-0.1, -0.05) is 6.07 Å². The second-order valence-corrected chi connectivity index (χ2v) is 6.38. The smallest absolute Gasteiger partial charge is 0.275 e. The van der Waals surface area contributed by atoms with Crippen molar-refractivity contribution in [3.63, 3.8) is 0 Å². The minimum absolute atomic E-state index is 0.0376. The van der Waals surface area contributed by atoms with Gasteiger partial charge in [0.15, 0.2) is 0 Å². The van der Waals surface area contributed by atoms with Crippen LogP contribution >= 0.6 is 11.3 Å². The fourth-order valence-electron chi connectivity index (χ4n) is 2.72. The van der Waals surface area contributed by atoms with E-state index < -0.39 is 34.6 Å². The van der Waals surface area contributed by atoms with E-state index in [-0.39, 0.29) is 11.7 Å². The molecular formula is C16H7F6N3S. The van der Waals surface area contributed by atoms with Gasteiger partial charge in [-0.05, 0) is 29.6 Å². The largest absolute Gasteiger partial charge is 0.433 e. The maximum Gasteiger partial charge on any atom is 0.433 e. The van der Waals surface area contributed by atoms with Crippen LogP contribution in [0.3, 0.4) is 0 Å². The molecule has 0 fully saturated rings. The molecule has 0 atom stereocenters. The van der Waals surface area contributed by atoms with Crippen molar-refractivity contribution < 1.29 is 26.3 Å². The lowest BCUT2D eigenvalue weighted by Gasteiger charge is -2.15. The topological polar surface area (TPSA) is 30.2 Å². The highest BCUT2D eigenvalue weighted by atomic mass is 32.1. The van der Waals surface area contributed by atoms with Crippen molar-refractivity contribution in [1.82, 2.24) is 14.4 Å². The fraction of sp³-hybridized carbons (Fsp3) is 0.125. The first-order valence-corrected chi connectivity index (χ1v) is 8.04. The number of halogens is 6. The number of hydrogen-bond acceptors (Lipinski definition) is 3. The zero-order valence-electron chi connectivity index (χ0n) is 12.6. The van der Waals surface area contributed by atoms with Gasteiger partial charge in [0.2, 0.25) is 0 Å². The standard InChI is InChI=1S/C16H7F6N3S/c17-15(18,19)9-6-12(16(20,21)22)24-14-8(9)3-4-13-23-7-10(25(13)14)11-2-1-5-26-11/h1-7H. The number of hydrogen-bond donors (Lipinski definition) is 0. The molecule has 10 heteroatoms. The number of alkyl halides is 6. The van der Waals surface area contributed by atoms with Gasteiger partial charge in [-0.25, -0.2) is 9.97 Å². The normalized spacial score (nSPS) is 13.0.